The van der Waals surface area contributed by atoms with Crippen LogP contribution in [0.25, 0.3) is 0 Å². The molecule has 0 aliphatic heterocycles. The molecule has 0 aromatic heterocycles. The summed E-state index contributed by atoms with van der Waals surface area (Å²) in [6.07, 6.45) is -3.77. The van der Waals surface area contributed by atoms with Crippen LogP contribution in [0.4, 0.5) is 55.3 Å². The fourth-order valence-electron chi connectivity index (χ4n) is 3.48. The molecule has 49 heavy (non-hydrogen) atoms. The Balaban J connectivity index is 2.01. The number of hydrogen-bond acceptors (Lipinski definition) is 8. The number of benzene rings is 3. The van der Waals surface area contributed by atoms with E-state index in [9.17, 15) is 63.1 Å². The van der Waals surface area contributed by atoms with E-state index in [4.69, 9.17) is 15.6 Å². The van der Waals surface area contributed by atoms with Crippen molar-refractivity contribution >= 4 is 55.8 Å². The molecule has 0 heterocycles. The standard InChI is InChI=1S/C28H19F10IN2O8/c1-8(27(44)40-25-20(35)16(31)14(29)17(32)21(25)36)46-12-6-5-7-13(24(12)39(48-10(3)42)49-11(4)43)47-9(2)28(45)41-26-22(37)18(33)15(30)19(34)23(26)38/h5-9H,1-4H3,(H,40,44)(H,41,45)/t8-,9-/m1/s1. The minimum absolute atomic E-state index is 0.455. The van der Waals surface area contributed by atoms with Gasteiger partial charge in [-0.15, -0.1) is 0 Å². The molecule has 0 spiro atoms. The molecule has 2 N–H and O–H groups in total. The van der Waals surface area contributed by atoms with E-state index in [0.29, 0.717) is 0 Å². The summed E-state index contributed by atoms with van der Waals surface area (Å²) in [6.45, 7) is 3.63. The third kappa shape index (κ3) is 8.43. The molecule has 0 unspecified atom stereocenters. The van der Waals surface area contributed by atoms with Crippen molar-refractivity contribution in [2.24, 2.45) is 0 Å². The van der Waals surface area contributed by atoms with Crippen LogP contribution in [0.3, 0.4) is 0 Å². The van der Waals surface area contributed by atoms with Gasteiger partial charge in [0.1, 0.15) is 0 Å². The summed E-state index contributed by atoms with van der Waals surface area (Å²) in [6, 6.07) is 3.19. The molecule has 266 valence electrons. The van der Waals surface area contributed by atoms with E-state index in [1.165, 1.54) is 10.6 Å². The van der Waals surface area contributed by atoms with E-state index in [2.05, 4.69) is 0 Å². The fraction of sp³-hybridized carbons (Fsp3) is 0.214. The molecule has 0 bridgehead atoms. The molecule has 3 rings (SSSR count). The SMILES string of the molecule is CC(=O)OI(OC(C)=O)c1c(O[C@H](C)C(=O)Nc2c(F)c(F)c(F)c(F)c2F)cccc1O[C@H](C)C(=O)Nc1c(F)c(F)c(F)c(F)c1F. The van der Waals surface area contributed by atoms with Crippen molar-refractivity contribution in [1.82, 2.24) is 0 Å². The molecule has 3 aromatic carbocycles. The van der Waals surface area contributed by atoms with Gasteiger partial charge in [-0.2, -0.15) is 0 Å². The zero-order chi connectivity index (χ0) is 37.1. The maximum atomic E-state index is 14.1. The first-order valence-electron chi connectivity index (χ1n) is 13.0. The van der Waals surface area contributed by atoms with Crippen molar-refractivity contribution in [3.05, 3.63) is 79.9 Å². The van der Waals surface area contributed by atoms with Crippen LogP contribution in [0.15, 0.2) is 18.2 Å². The summed E-state index contributed by atoms with van der Waals surface area (Å²) >= 11 is -4.14. The molecule has 21 heteroatoms. The predicted molar refractivity (Wildman–Crippen MR) is 153 cm³/mol. The third-order valence-corrected chi connectivity index (χ3v) is 9.69. The Morgan fingerprint density at radius 2 is 0.837 bits per heavy atom. The molecule has 0 saturated heterocycles. The van der Waals surface area contributed by atoms with Crippen LogP contribution in [0.5, 0.6) is 11.5 Å². The zero-order valence-electron chi connectivity index (χ0n) is 24.8. The van der Waals surface area contributed by atoms with Crippen LogP contribution in [-0.4, -0.2) is 36.0 Å². The molecule has 0 aliphatic rings. The fourth-order valence-corrected chi connectivity index (χ4v) is 6.62. The van der Waals surface area contributed by atoms with Gasteiger partial charge in [0.05, 0.1) is 0 Å². The van der Waals surface area contributed by atoms with Gasteiger partial charge in [-0.25, -0.2) is 0 Å². The Hall–Kier alpha value is -4.83. The number of ether oxygens (including phenoxy) is 2. The first-order valence-corrected chi connectivity index (χ1v) is 15.8. The number of amides is 2. The van der Waals surface area contributed by atoms with Crippen molar-refractivity contribution in [3.63, 3.8) is 0 Å². The molecular formula is C28H19F10IN2O8. The van der Waals surface area contributed by atoms with E-state index in [-0.39, 0.29) is 0 Å². The number of rotatable bonds is 11. The Kier molecular flexibility index (Phi) is 12.3. The van der Waals surface area contributed by atoms with Crippen molar-refractivity contribution in [2.45, 2.75) is 39.9 Å². The molecule has 2 atom stereocenters. The molecule has 3 aromatic rings. The Labute approximate surface area is 276 Å². The van der Waals surface area contributed by atoms with Crippen LogP contribution in [-0.2, 0) is 25.3 Å². The minimum atomic E-state index is -4.14. The zero-order valence-corrected chi connectivity index (χ0v) is 27.0. The number of hydrogen-bond donors (Lipinski definition) is 2. The van der Waals surface area contributed by atoms with Gasteiger partial charge in [0.25, 0.3) is 0 Å². The Morgan fingerprint density at radius 3 is 1.12 bits per heavy atom. The third-order valence-electron chi connectivity index (χ3n) is 5.70. The number of halogens is 11. The predicted octanol–water partition coefficient (Wildman–Crippen LogP) is 6.52. The van der Waals surface area contributed by atoms with Crippen molar-refractivity contribution in [2.75, 3.05) is 10.6 Å². The second-order valence-corrected chi connectivity index (χ2v) is 12.5. The van der Waals surface area contributed by atoms with Crippen molar-refractivity contribution < 1.29 is 78.7 Å². The molecular weight excluding hydrogens is 809 g/mol. The van der Waals surface area contributed by atoms with Crippen LogP contribution in [0.1, 0.15) is 27.7 Å². The van der Waals surface area contributed by atoms with Gasteiger partial charge < -0.3 is 0 Å². The topological polar surface area (TPSA) is 129 Å². The summed E-state index contributed by atoms with van der Waals surface area (Å²) in [5, 5.41) is 2.97. The van der Waals surface area contributed by atoms with Gasteiger partial charge in [-0.3, -0.25) is 0 Å². The molecule has 0 aliphatic carbocycles. The maximum absolute atomic E-state index is 14.1. The normalized spacial score (nSPS) is 12.4. The number of carbonyl (C=O) groups excluding carboxylic acids is 4. The summed E-state index contributed by atoms with van der Waals surface area (Å²) in [5.74, 6) is -30.2. The summed E-state index contributed by atoms with van der Waals surface area (Å²) in [4.78, 5) is 49.2. The van der Waals surface area contributed by atoms with Crippen molar-refractivity contribution in [3.8, 4) is 11.5 Å². The summed E-state index contributed by atoms with van der Waals surface area (Å²) in [5.41, 5.74) is -3.45. The van der Waals surface area contributed by atoms with Gasteiger partial charge in [0.2, 0.25) is 0 Å². The number of anilines is 2. The van der Waals surface area contributed by atoms with Crippen LogP contribution in [0.2, 0.25) is 0 Å². The molecule has 0 saturated carbocycles. The quantitative estimate of drug-likeness (QED) is 0.0969. The van der Waals surface area contributed by atoms with Crippen LogP contribution < -0.4 is 20.1 Å². The second kappa shape index (κ2) is 15.6. The van der Waals surface area contributed by atoms with E-state index in [1.54, 1.807) is 0 Å². The van der Waals surface area contributed by atoms with Crippen LogP contribution >= 0.6 is 20.6 Å². The van der Waals surface area contributed by atoms with Gasteiger partial charge in [0.15, 0.2) is 0 Å². The number of carbonyl (C=O) groups is 4. The van der Waals surface area contributed by atoms with E-state index in [1.807, 2.05) is 0 Å². The molecule has 10 nitrogen and oxygen atoms in total. The average molecular weight is 828 g/mol. The van der Waals surface area contributed by atoms with E-state index >= 15 is 0 Å². The van der Waals surface area contributed by atoms with E-state index in [0.717, 1.165) is 45.9 Å². The average Bonchev–Trinajstić information content (AvgIpc) is 3.04. The van der Waals surface area contributed by atoms with Gasteiger partial charge in [0, 0.05) is 0 Å². The monoisotopic (exact) mass is 828 g/mol. The Bertz CT molecular complexity index is 1660. The first-order chi connectivity index (χ1) is 22.8. The second-order valence-electron chi connectivity index (χ2n) is 9.31. The number of nitrogens with one attached hydrogen (secondary N) is 2. The van der Waals surface area contributed by atoms with Crippen molar-refractivity contribution in [1.29, 1.82) is 0 Å². The van der Waals surface area contributed by atoms with Gasteiger partial charge in [-0.05, 0) is 0 Å². The van der Waals surface area contributed by atoms with Gasteiger partial charge >= 0.3 is 276 Å². The van der Waals surface area contributed by atoms with Crippen LogP contribution in [0, 0.1) is 61.7 Å². The summed E-state index contributed by atoms with van der Waals surface area (Å²) in [7, 11) is 0. The molecule has 2 amide bonds. The molecule has 0 fully saturated rings. The Morgan fingerprint density at radius 1 is 0.551 bits per heavy atom. The molecule has 0 radical (unpaired) electrons. The summed E-state index contributed by atoms with van der Waals surface area (Å²) < 4.78 is 159. The van der Waals surface area contributed by atoms with Gasteiger partial charge in [-0.1, -0.05) is 0 Å². The van der Waals surface area contributed by atoms with E-state index < -0.39 is 141 Å². The first kappa shape index (κ1) is 38.6.